The molecule has 1 aliphatic rings. The molecular weight excluding hydrogens is 400 g/mol. The second-order valence-electron chi connectivity index (χ2n) is 7.13. The minimum Gasteiger partial charge on any atom is -0.476 e. The van der Waals surface area contributed by atoms with E-state index < -0.39 is 16.1 Å². The summed E-state index contributed by atoms with van der Waals surface area (Å²) in [6, 6.07) is 25.7. The van der Waals surface area contributed by atoms with Crippen LogP contribution < -0.4 is 14.4 Å². The van der Waals surface area contributed by atoms with Gasteiger partial charge in [-0.1, -0.05) is 72.8 Å². The number of rotatable bonds is 5. The Hall–Kier alpha value is -3.32. The van der Waals surface area contributed by atoms with E-state index in [-0.39, 0.29) is 18.5 Å². The van der Waals surface area contributed by atoms with Crippen LogP contribution in [0, 0.1) is 0 Å². The number of nitrogens with one attached hydrogen (secondary N) is 1. The maximum atomic E-state index is 13.2. The Morgan fingerprint density at radius 1 is 0.933 bits per heavy atom. The number of hydrogen-bond donors (Lipinski definition) is 1. The van der Waals surface area contributed by atoms with E-state index in [1.54, 1.807) is 24.3 Å². The molecule has 1 heterocycles. The fourth-order valence-electron chi connectivity index (χ4n) is 3.54. The molecule has 0 saturated carbocycles. The number of ether oxygens (including phenoxy) is 1. The van der Waals surface area contributed by atoms with Crippen LogP contribution in [0.25, 0.3) is 0 Å². The average molecular weight is 423 g/mol. The molecule has 1 amide bonds. The van der Waals surface area contributed by atoms with Crippen LogP contribution in [0.1, 0.15) is 17.2 Å². The number of benzene rings is 3. The monoisotopic (exact) mass is 422 g/mol. The quantitative estimate of drug-likeness (QED) is 0.686. The van der Waals surface area contributed by atoms with Crippen LogP contribution in [0.3, 0.4) is 0 Å². The minimum atomic E-state index is -3.57. The van der Waals surface area contributed by atoms with Crippen molar-refractivity contribution in [3.8, 4) is 5.75 Å². The Labute approximate surface area is 176 Å². The second-order valence-corrected chi connectivity index (χ2v) is 9.04. The lowest BCUT2D eigenvalue weighted by molar-refractivity contribution is -0.128. The van der Waals surface area contributed by atoms with Crippen molar-refractivity contribution in [1.82, 2.24) is 5.32 Å². The lowest BCUT2D eigenvalue weighted by atomic mass is 9.98. The smallest absolute Gasteiger partial charge is 0.263 e. The molecule has 0 aromatic heterocycles. The molecule has 0 spiro atoms. The van der Waals surface area contributed by atoms with Crippen molar-refractivity contribution < 1.29 is 17.9 Å². The van der Waals surface area contributed by atoms with Gasteiger partial charge in [0.15, 0.2) is 6.10 Å². The van der Waals surface area contributed by atoms with E-state index in [0.717, 1.165) is 17.4 Å². The zero-order valence-corrected chi connectivity index (χ0v) is 17.2. The first-order valence-corrected chi connectivity index (χ1v) is 11.4. The fourth-order valence-corrected chi connectivity index (χ4v) is 4.45. The van der Waals surface area contributed by atoms with Gasteiger partial charge in [0.1, 0.15) is 5.75 Å². The van der Waals surface area contributed by atoms with Gasteiger partial charge in [-0.05, 0) is 23.3 Å². The number of hydrogen-bond acceptors (Lipinski definition) is 4. The number of nitrogens with zero attached hydrogens (tertiary/aromatic N) is 1. The molecule has 6 nitrogen and oxygen atoms in total. The third-order valence-corrected chi connectivity index (χ3v) is 6.13. The van der Waals surface area contributed by atoms with Gasteiger partial charge < -0.3 is 10.1 Å². The Bertz CT molecular complexity index is 1090. The normalized spacial score (nSPS) is 15.9. The second kappa shape index (κ2) is 8.20. The first-order valence-electron chi connectivity index (χ1n) is 9.57. The number of anilines is 1. The van der Waals surface area contributed by atoms with E-state index in [1.165, 1.54) is 4.31 Å². The van der Waals surface area contributed by atoms with E-state index in [1.807, 2.05) is 60.7 Å². The Morgan fingerprint density at radius 3 is 2.03 bits per heavy atom. The molecule has 0 bridgehead atoms. The molecule has 0 aliphatic carbocycles. The molecule has 0 unspecified atom stereocenters. The van der Waals surface area contributed by atoms with E-state index in [4.69, 9.17) is 4.74 Å². The Balaban J connectivity index is 1.63. The van der Waals surface area contributed by atoms with Gasteiger partial charge in [0.2, 0.25) is 10.0 Å². The van der Waals surface area contributed by atoms with Gasteiger partial charge in [-0.2, -0.15) is 0 Å². The number of carbonyl (C=O) groups is 1. The molecular formula is C23H22N2O4S. The molecule has 3 aromatic rings. The van der Waals surface area contributed by atoms with Crippen molar-refractivity contribution in [2.75, 3.05) is 17.1 Å². The average Bonchev–Trinajstić information content (AvgIpc) is 2.77. The summed E-state index contributed by atoms with van der Waals surface area (Å²) in [5.74, 6) is -0.0128. The highest BCUT2D eigenvalue weighted by Gasteiger charge is 2.35. The van der Waals surface area contributed by atoms with E-state index in [9.17, 15) is 13.2 Å². The molecule has 154 valence electrons. The Morgan fingerprint density at radius 2 is 1.47 bits per heavy atom. The minimum absolute atomic E-state index is 0.0853. The van der Waals surface area contributed by atoms with Crippen LogP contribution in [0.5, 0.6) is 5.75 Å². The lowest BCUT2D eigenvalue weighted by Gasteiger charge is -2.34. The topological polar surface area (TPSA) is 75.7 Å². The van der Waals surface area contributed by atoms with Crippen LogP contribution in [0.4, 0.5) is 5.69 Å². The molecule has 3 aromatic carbocycles. The standard InChI is InChI=1S/C23H22N2O4S/c1-30(27,28)25-16-21(29-20-15-9-8-14-19(20)25)23(26)24-22(17-10-4-2-5-11-17)18-12-6-3-7-13-18/h2-15,21-22H,16H2,1H3,(H,24,26)/t21-/m1/s1. The highest BCUT2D eigenvalue weighted by Crippen LogP contribution is 2.35. The van der Waals surface area contributed by atoms with Crippen LogP contribution in [-0.2, 0) is 14.8 Å². The van der Waals surface area contributed by atoms with Crippen molar-refractivity contribution in [3.63, 3.8) is 0 Å². The molecule has 7 heteroatoms. The van der Waals surface area contributed by atoms with Crippen molar-refractivity contribution in [3.05, 3.63) is 96.1 Å². The highest BCUT2D eigenvalue weighted by atomic mass is 32.2. The van der Waals surface area contributed by atoms with Gasteiger partial charge in [-0.15, -0.1) is 0 Å². The number of carbonyl (C=O) groups excluding carboxylic acids is 1. The Kier molecular flexibility index (Phi) is 5.46. The van der Waals surface area contributed by atoms with Crippen molar-refractivity contribution in [1.29, 1.82) is 0 Å². The van der Waals surface area contributed by atoms with Gasteiger partial charge >= 0.3 is 0 Å². The van der Waals surface area contributed by atoms with Gasteiger partial charge in [-0.3, -0.25) is 9.10 Å². The van der Waals surface area contributed by atoms with E-state index in [2.05, 4.69) is 5.32 Å². The van der Waals surface area contributed by atoms with Gasteiger partial charge in [0.25, 0.3) is 5.91 Å². The largest absolute Gasteiger partial charge is 0.476 e. The summed E-state index contributed by atoms with van der Waals surface area (Å²) in [4.78, 5) is 13.2. The first-order chi connectivity index (χ1) is 14.4. The summed E-state index contributed by atoms with van der Waals surface area (Å²) in [6.45, 7) is -0.0853. The maximum absolute atomic E-state index is 13.2. The van der Waals surface area contributed by atoms with Crippen LogP contribution in [-0.4, -0.2) is 33.2 Å². The summed E-state index contributed by atoms with van der Waals surface area (Å²) in [5.41, 5.74) is 2.29. The summed E-state index contributed by atoms with van der Waals surface area (Å²) in [6.07, 6.45) is 0.158. The summed E-state index contributed by atoms with van der Waals surface area (Å²) in [5, 5.41) is 3.04. The SMILES string of the molecule is CS(=O)(=O)N1C[C@H](C(=O)NC(c2ccccc2)c2ccccc2)Oc2ccccc21. The summed E-state index contributed by atoms with van der Waals surface area (Å²) >= 11 is 0. The molecule has 1 N–H and O–H groups in total. The molecule has 0 saturated heterocycles. The predicted molar refractivity (Wildman–Crippen MR) is 116 cm³/mol. The number of para-hydroxylation sites is 2. The van der Waals surface area contributed by atoms with E-state index >= 15 is 0 Å². The van der Waals surface area contributed by atoms with E-state index in [0.29, 0.717) is 11.4 Å². The highest BCUT2D eigenvalue weighted by molar-refractivity contribution is 7.92. The van der Waals surface area contributed by atoms with Crippen molar-refractivity contribution in [2.45, 2.75) is 12.1 Å². The van der Waals surface area contributed by atoms with Crippen LogP contribution >= 0.6 is 0 Å². The van der Waals surface area contributed by atoms with Gasteiger partial charge in [0.05, 0.1) is 24.5 Å². The summed E-state index contributed by atoms with van der Waals surface area (Å²) < 4.78 is 31.7. The number of fused-ring (bicyclic) bond motifs is 1. The van der Waals surface area contributed by atoms with Crippen LogP contribution in [0.15, 0.2) is 84.9 Å². The first kappa shape index (κ1) is 20.0. The zero-order valence-electron chi connectivity index (χ0n) is 16.4. The molecule has 1 atom stereocenters. The molecule has 0 radical (unpaired) electrons. The third kappa shape index (κ3) is 4.16. The zero-order chi connectivity index (χ0) is 21.1. The fraction of sp³-hybridized carbons (Fsp3) is 0.174. The van der Waals surface area contributed by atoms with Crippen molar-refractivity contribution in [2.24, 2.45) is 0 Å². The van der Waals surface area contributed by atoms with Crippen LogP contribution in [0.2, 0.25) is 0 Å². The van der Waals surface area contributed by atoms with Gasteiger partial charge in [-0.25, -0.2) is 8.42 Å². The molecule has 0 fully saturated rings. The number of amides is 1. The maximum Gasteiger partial charge on any atom is 0.263 e. The third-order valence-electron chi connectivity index (χ3n) is 4.98. The van der Waals surface area contributed by atoms with Gasteiger partial charge in [0, 0.05) is 0 Å². The molecule has 30 heavy (non-hydrogen) atoms. The lowest BCUT2D eigenvalue weighted by Crippen LogP contribution is -2.51. The summed E-state index contributed by atoms with van der Waals surface area (Å²) in [7, 11) is -3.57. The molecule has 1 aliphatic heterocycles. The molecule has 4 rings (SSSR count). The van der Waals surface area contributed by atoms with Crippen molar-refractivity contribution >= 4 is 21.6 Å². The predicted octanol–water partition coefficient (Wildman–Crippen LogP) is 3.12. The number of sulfonamides is 1.